The Morgan fingerprint density at radius 3 is 2.59 bits per heavy atom. The van der Waals surface area contributed by atoms with E-state index in [1.807, 2.05) is 73.7 Å². The smallest absolute Gasteiger partial charge is 0.270 e. The molecule has 0 saturated carbocycles. The van der Waals surface area contributed by atoms with Gasteiger partial charge in [0, 0.05) is 0 Å². The van der Waals surface area contributed by atoms with Crippen LogP contribution < -0.4 is 14.4 Å². The summed E-state index contributed by atoms with van der Waals surface area (Å²) in [7, 11) is 1.60. The first kappa shape index (κ1) is 19.5. The minimum absolute atomic E-state index is 0.122. The summed E-state index contributed by atoms with van der Waals surface area (Å²) in [5.41, 5.74) is 1.63. The molecule has 0 unspecified atom stereocenters. The van der Waals surface area contributed by atoms with Gasteiger partial charge in [0.05, 0.1) is 24.3 Å². The predicted molar refractivity (Wildman–Crippen MR) is 124 cm³/mol. The second-order valence-electron chi connectivity index (χ2n) is 6.39. The van der Waals surface area contributed by atoms with Crippen LogP contribution in [0.25, 0.3) is 16.8 Å². The van der Waals surface area contributed by atoms with E-state index in [-0.39, 0.29) is 5.91 Å². The van der Waals surface area contributed by atoms with Gasteiger partial charge >= 0.3 is 0 Å². The van der Waals surface area contributed by atoms with Gasteiger partial charge in [-0.15, -0.1) is 0 Å². The van der Waals surface area contributed by atoms with Crippen LogP contribution in [0.5, 0.6) is 11.5 Å². The van der Waals surface area contributed by atoms with Crippen LogP contribution in [0.1, 0.15) is 12.5 Å². The molecular weight excluding hydrogens is 402 g/mol. The van der Waals surface area contributed by atoms with Crippen molar-refractivity contribution in [3.05, 3.63) is 71.1 Å². The van der Waals surface area contributed by atoms with Gasteiger partial charge in [0.15, 0.2) is 15.8 Å². The number of nitrogens with zero attached hydrogens (tertiary/aromatic N) is 1. The molecule has 1 saturated heterocycles. The monoisotopic (exact) mass is 421 g/mol. The molecule has 1 amide bonds. The number of hydrogen-bond donors (Lipinski definition) is 0. The Hall–Kier alpha value is -2.83. The highest BCUT2D eigenvalue weighted by atomic mass is 32.2. The molecule has 0 atom stereocenters. The zero-order valence-corrected chi connectivity index (χ0v) is 17.7. The molecule has 3 aromatic rings. The van der Waals surface area contributed by atoms with E-state index in [4.69, 9.17) is 21.7 Å². The largest absolute Gasteiger partial charge is 0.493 e. The van der Waals surface area contributed by atoms with E-state index >= 15 is 0 Å². The average Bonchev–Trinajstić information content (AvgIpc) is 3.01. The molecule has 146 valence electrons. The molecule has 0 aliphatic carbocycles. The highest BCUT2D eigenvalue weighted by Gasteiger charge is 2.33. The van der Waals surface area contributed by atoms with Crippen molar-refractivity contribution in [2.75, 3.05) is 18.6 Å². The Bertz CT molecular complexity index is 1140. The normalized spacial score (nSPS) is 15.4. The number of ether oxygens (including phenoxy) is 2. The number of anilines is 1. The maximum absolute atomic E-state index is 13.1. The molecule has 4 nitrogen and oxygen atoms in total. The van der Waals surface area contributed by atoms with E-state index in [1.54, 1.807) is 12.0 Å². The number of amides is 1. The lowest BCUT2D eigenvalue weighted by Gasteiger charge is -2.15. The Balaban J connectivity index is 1.65. The van der Waals surface area contributed by atoms with Gasteiger partial charge in [0.2, 0.25) is 0 Å². The summed E-state index contributed by atoms with van der Waals surface area (Å²) in [5, 5.41) is 2.19. The van der Waals surface area contributed by atoms with Gasteiger partial charge in [-0.1, -0.05) is 60.4 Å². The topological polar surface area (TPSA) is 38.8 Å². The molecule has 1 aliphatic heterocycles. The van der Waals surface area contributed by atoms with Crippen molar-refractivity contribution in [3.8, 4) is 11.5 Å². The Labute approximate surface area is 179 Å². The molecule has 0 spiro atoms. The van der Waals surface area contributed by atoms with Crippen molar-refractivity contribution in [3.63, 3.8) is 0 Å². The fraction of sp³-hybridized carbons (Fsp3) is 0.130. The molecular formula is C23H19NO3S2. The van der Waals surface area contributed by atoms with Gasteiger partial charge in [0.25, 0.3) is 5.91 Å². The summed E-state index contributed by atoms with van der Waals surface area (Å²) in [6.07, 6.45) is 1.83. The van der Waals surface area contributed by atoms with Gasteiger partial charge in [-0.3, -0.25) is 9.69 Å². The maximum atomic E-state index is 13.1. The average molecular weight is 422 g/mol. The van der Waals surface area contributed by atoms with E-state index in [2.05, 4.69) is 0 Å². The Morgan fingerprint density at radius 1 is 1.03 bits per heavy atom. The lowest BCUT2D eigenvalue weighted by atomic mass is 10.1. The van der Waals surface area contributed by atoms with E-state index in [1.165, 1.54) is 11.8 Å². The number of hydrogen-bond acceptors (Lipinski definition) is 5. The van der Waals surface area contributed by atoms with Crippen LogP contribution in [-0.4, -0.2) is 23.9 Å². The molecule has 6 heteroatoms. The van der Waals surface area contributed by atoms with Crippen molar-refractivity contribution in [2.24, 2.45) is 0 Å². The number of carbonyl (C=O) groups excluding carboxylic acids is 1. The quantitative estimate of drug-likeness (QED) is 0.393. The van der Waals surface area contributed by atoms with E-state index in [9.17, 15) is 4.79 Å². The molecule has 0 aromatic heterocycles. The van der Waals surface area contributed by atoms with Crippen LogP contribution in [0.2, 0.25) is 0 Å². The summed E-state index contributed by atoms with van der Waals surface area (Å²) in [5.74, 6) is 1.18. The molecule has 29 heavy (non-hydrogen) atoms. The highest BCUT2D eigenvalue weighted by Crippen LogP contribution is 2.38. The molecule has 0 bridgehead atoms. The third-order valence-corrected chi connectivity index (χ3v) is 5.87. The van der Waals surface area contributed by atoms with Crippen LogP contribution in [0, 0.1) is 0 Å². The van der Waals surface area contributed by atoms with Gasteiger partial charge < -0.3 is 9.47 Å². The fourth-order valence-electron chi connectivity index (χ4n) is 3.21. The van der Waals surface area contributed by atoms with Crippen molar-refractivity contribution in [1.29, 1.82) is 0 Å². The minimum Gasteiger partial charge on any atom is -0.493 e. The highest BCUT2D eigenvalue weighted by molar-refractivity contribution is 8.27. The van der Waals surface area contributed by atoms with Crippen LogP contribution in [0.4, 0.5) is 5.69 Å². The van der Waals surface area contributed by atoms with Crippen molar-refractivity contribution >= 4 is 56.7 Å². The number of thioether (sulfide) groups is 1. The predicted octanol–water partition coefficient (Wildman–Crippen LogP) is 5.65. The third-order valence-electron chi connectivity index (χ3n) is 4.57. The molecule has 0 radical (unpaired) electrons. The third kappa shape index (κ3) is 3.86. The zero-order valence-electron chi connectivity index (χ0n) is 16.0. The van der Waals surface area contributed by atoms with Gasteiger partial charge in [0.1, 0.15) is 0 Å². The molecule has 1 heterocycles. The van der Waals surface area contributed by atoms with Crippen LogP contribution in [-0.2, 0) is 4.79 Å². The van der Waals surface area contributed by atoms with Crippen LogP contribution in [0.15, 0.2) is 65.6 Å². The van der Waals surface area contributed by atoms with Gasteiger partial charge in [-0.2, -0.15) is 0 Å². The summed E-state index contributed by atoms with van der Waals surface area (Å²) in [6, 6.07) is 19.6. The number of carbonyl (C=O) groups is 1. The Kier molecular flexibility index (Phi) is 5.56. The number of methoxy groups -OCH3 is 1. The Morgan fingerprint density at radius 2 is 1.83 bits per heavy atom. The zero-order chi connectivity index (χ0) is 20.4. The molecule has 3 aromatic carbocycles. The molecule has 4 rings (SSSR count). The lowest BCUT2D eigenvalue weighted by molar-refractivity contribution is -0.113. The summed E-state index contributed by atoms with van der Waals surface area (Å²) in [4.78, 5) is 15.2. The van der Waals surface area contributed by atoms with E-state index in [0.717, 1.165) is 22.0 Å². The first-order valence-corrected chi connectivity index (χ1v) is 10.4. The van der Waals surface area contributed by atoms with Crippen molar-refractivity contribution < 1.29 is 14.3 Å². The summed E-state index contributed by atoms with van der Waals surface area (Å²) in [6.45, 7) is 2.48. The number of benzene rings is 3. The van der Waals surface area contributed by atoms with E-state index < -0.39 is 0 Å². The molecule has 0 N–H and O–H groups in total. The first-order chi connectivity index (χ1) is 14.1. The van der Waals surface area contributed by atoms with Crippen LogP contribution >= 0.6 is 24.0 Å². The number of thiocarbonyl (C=S) groups is 1. The minimum atomic E-state index is -0.122. The molecule has 1 fully saturated rings. The number of rotatable bonds is 5. The lowest BCUT2D eigenvalue weighted by Crippen LogP contribution is -2.27. The fourth-order valence-corrected chi connectivity index (χ4v) is 4.51. The van der Waals surface area contributed by atoms with Crippen molar-refractivity contribution in [1.82, 2.24) is 0 Å². The maximum Gasteiger partial charge on any atom is 0.270 e. The van der Waals surface area contributed by atoms with E-state index in [0.29, 0.717) is 27.3 Å². The number of fused-ring (bicyclic) bond motifs is 1. The van der Waals surface area contributed by atoms with Crippen LogP contribution in [0.3, 0.4) is 0 Å². The second kappa shape index (κ2) is 8.27. The SMILES string of the molecule is CCOc1ccc(C=C2SC(=S)N(c3ccc4ccccc4c3)C2=O)cc1OC. The standard InChI is InChI=1S/C23H19NO3S2/c1-3-27-19-11-8-15(12-20(19)26-2)13-21-22(25)24(23(28)29-21)18-10-9-16-6-4-5-7-17(16)14-18/h4-14H,3H2,1-2H3. The second-order valence-corrected chi connectivity index (χ2v) is 8.07. The summed E-state index contributed by atoms with van der Waals surface area (Å²) < 4.78 is 11.5. The first-order valence-electron chi connectivity index (χ1n) is 9.18. The molecule has 1 aliphatic rings. The van der Waals surface area contributed by atoms with Gasteiger partial charge in [-0.25, -0.2) is 0 Å². The summed E-state index contributed by atoms with van der Waals surface area (Å²) >= 11 is 6.80. The van der Waals surface area contributed by atoms with Crippen molar-refractivity contribution in [2.45, 2.75) is 6.92 Å². The van der Waals surface area contributed by atoms with Gasteiger partial charge in [-0.05, 0) is 53.6 Å².